The van der Waals surface area contributed by atoms with Gasteiger partial charge in [-0.3, -0.25) is 14.9 Å². The van der Waals surface area contributed by atoms with Crippen molar-refractivity contribution < 1.29 is 14.0 Å². The number of carbonyl (C=O) groups is 2. The molecule has 1 aromatic heterocycles. The van der Waals surface area contributed by atoms with E-state index in [1.165, 1.54) is 17.4 Å². The molecule has 19 heavy (non-hydrogen) atoms. The van der Waals surface area contributed by atoms with Crippen LogP contribution in [0.2, 0.25) is 0 Å². The van der Waals surface area contributed by atoms with Gasteiger partial charge >= 0.3 is 6.01 Å². The first kappa shape index (κ1) is 11.5. The van der Waals surface area contributed by atoms with Gasteiger partial charge in [-0.2, -0.15) is 0 Å². The molecule has 2 aromatic rings. The summed E-state index contributed by atoms with van der Waals surface area (Å²) < 4.78 is 4.91. The summed E-state index contributed by atoms with van der Waals surface area (Å²) in [5, 5.41) is 2.49. The van der Waals surface area contributed by atoms with Crippen LogP contribution in [0.15, 0.2) is 41.1 Å². The first-order chi connectivity index (χ1) is 9.24. The largest absolute Gasteiger partial charge is 0.432 e. The van der Waals surface area contributed by atoms with Crippen molar-refractivity contribution in [3.8, 4) is 0 Å². The number of nitrogens with zero attached hydrogens (tertiary/aromatic N) is 2. The third kappa shape index (κ3) is 2.20. The van der Waals surface area contributed by atoms with Gasteiger partial charge in [0, 0.05) is 12.1 Å². The van der Waals surface area contributed by atoms with Crippen LogP contribution in [0.1, 0.15) is 15.9 Å². The summed E-state index contributed by atoms with van der Waals surface area (Å²) in [5.74, 6) is -0.457. The van der Waals surface area contributed by atoms with E-state index in [0.29, 0.717) is 12.1 Å². The molecule has 0 fully saturated rings. The third-order valence-corrected chi connectivity index (χ3v) is 2.91. The normalized spacial score (nSPS) is 13.5. The summed E-state index contributed by atoms with van der Waals surface area (Å²) in [6.07, 6.45) is 2.80. The molecule has 1 aliphatic heterocycles. The molecule has 0 spiro atoms. The maximum atomic E-state index is 12.0. The molecule has 2 heterocycles. The lowest BCUT2D eigenvalue weighted by Crippen LogP contribution is -2.33. The van der Waals surface area contributed by atoms with E-state index in [4.69, 9.17) is 4.42 Å². The van der Waals surface area contributed by atoms with Gasteiger partial charge in [0.1, 0.15) is 12.8 Å². The molecule has 1 aliphatic rings. The van der Waals surface area contributed by atoms with Crippen LogP contribution in [0, 0.1) is 0 Å². The van der Waals surface area contributed by atoms with E-state index >= 15 is 0 Å². The second-order valence-electron chi connectivity index (χ2n) is 4.20. The zero-order chi connectivity index (χ0) is 13.2. The number of fused-ring (bicyclic) bond motifs is 1. The van der Waals surface area contributed by atoms with Gasteiger partial charge in [-0.1, -0.05) is 18.2 Å². The van der Waals surface area contributed by atoms with Gasteiger partial charge in [0.15, 0.2) is 0 Å². The molecule has 2 amide bonds. The van der Waals surface area contributed by atoms with Crippen LogP contribution >= 0.6 is 0 Å². The first-order valence-electron chi connectivity index (χ1n) is 5.80. The maximum Gasteiger partial charge on any atom is 0.301 e. The average molecular weight is 257 g/mol. The molecule has 0 radical (unpaired) electrons. The fourth-order valence-corrected chi connectivity index (χ4v) is 2.06. The summed E-state index contributed by atoms with van der Waals surface area (Å²) in [6.45, 7) is 0.434. The van der Waals surface area contributed by atoms with Gasteiger partial charge < -0.3 is 9.32 Å². The highest BCUT2D eigenvalue weighted by molar-refractivity contribution is 6.01. The number of nitrogens with one attached hydrogen (secondary N) is 1. The van der Waals surface area contributed by atoms with E-state index in [9.17, 15) is 9.59 Å². The Morgan fingerprint density at radius 3 is 3.00 bits per heavy atom. The Bertz CT molecular complexity index is 622. The lowest BCUT2D eigenvalue weighted by atomic mass is 10.1. The Labute approximate surface area is 109 Å². The van der Waals surface area contributed by atoms with Crippen LogP contribution in [0.3, 0.4) is 0 Å². The zero-order valence-electron chi connectivity index (χ0n) is 10.00. The Hall–Kier alpha value is -2.63. The minimum atomic E-state index is -0.330. The Morgan fingerprint density at radius 2 is 2.26 bits per heavy atom. The van der Waals surface area contributed by atoms with Gasteiger partial charge in [-0.05, 0) is 11.6 Å². The summed E-state index contributed by atoms with van der Waals surface area (Å²) in [7, 11) is 0. The van der Waals surface area contributed by atoms with Crippen molar-refractivity contribution in [1.29, 1.82) is 0 Å². The van der Waals surface area contributed by atoms with Crippen molar-refractivity contribution in [2.24, 2.45) is 0 Å². The summed E-state index contributed by atoms with van der Waals surface area (Å²) >= 11 is 0. The zero-order valence-corrected chi connectivity index (χ0v) is 10.00. The fourth-order valence-electron chi connectivity index (χ4n) is 2.06. The minimum absolute atomic E-state index is 0.0180. The lowest BCUT2D eigenvalue weighted by Gasteiger charge is -2.13. The van der Waals surface area contributed by atoms with Crippen LogP contribution in [0.25, 0.3) is 0 Å². The average Bonchev–Trinajstić information content (AvgIpc) is 3.00. The van der Waals surface area contributed by atoms with E-state index in [-0.39, 0.29) is 24.4 Å². The molecule has 3 rings (SSSR count). The number of amides is 2. The Morgan fingerprint density at radius 1 is 1.42 bits per heavy atom. The number of hydrogen-bond acceptors (Lipinski definition) is 4. The molecule has 6 heteroatoms. The van der Waals surface area contributed by atoms with E-state index < -0.39 is 0 Å². The molecule has 6 nitrogen and oxygen atoms in total. The summed E-state index contributed by atoms with van der Waals surface area (Å²) in [6, 6.07) is 7.48. The fraction of sp³-hybridized carbons (Fsp3) is 0.154. The Balaban J connectivity index is 1.66. The van der Waals surface area contributed by atoms with Crippen molar-refractivity contribution in [2.45, 2.75) is 6.54 Å². The monoisotopic (exact) mass is 257 g/mol. The van der Waals surface area contributed by atoms with Crippen molar-refractivity contribution in [3.63, 3.8) is 0 Å². The van der Waals surface area contributed by atoms with E-state index in [1.807, 2.05) is 18.2 Å². The highest BCUT2D eigenvalue weighted by Crippen LogP contribution is 2.21. The standard InChI is InChI=1S/C13H11N3O3/c17-11(15-13-14-5-6-19-13)8-16-7-9-3-1-2-4-10(9)12(16)18/h1-6H,7-8H2,(H,14,15,17). The third-order valence-electron chi connectivity index (χ3n) is 2.91. The smallest absolute Gasteiger partial charge is 0.301 e. The number of oxazole rings is 1. The van der Waals surface area contributed by atoms with Crippen molar-refractivity contribution in [2.75, 3.05) is 11.9 Å². The van der Waals surface area contributed by atoms with E-state index in [0.717, 1.165) is 5.56 Å². The topological polar surface area (TPSA) is 75.4 Å². The number of anilines is 1. The van der Waals surface area contributed by atoms with Crippen LogP contribution in [-0.4, -0.2) is 28.2 Å². The summed E-state index contributed by atoms with van der Waals surface area (Å²) in [4.78, 5) is 29.1. The second-order valence-corrected chi connectivity index (χ2v) is 4.20. The first-order valence-corrected chi connectivity index (χ1v) is 5.80. The quantitative estimate of drug-likeness (QED) is 0.898. The van der Waals surface area contributed by atoms with Crippen LogP contribution in [0.4, 0.5) is 6.01 Å². The van der Waals surface area contributed by atoms with Gasteiger partial charge in [-0.25, -0.2) is 4.98 Å². The molecule has 96 valence electrons. The molecule has 0 saturated heterocycles. The molecule has 1 N–H and O–H groups in total. The SMILES string of the molecule is O=C(CN1Cc2ccccc2C1=O)Nc1ncco1. The van der Waals surface area contributed by atoms with E-state index in [2.05, 4.69) is 10.3 Å². The molecule has 0 aliphatic carbocycles. The van der Waals surface area contributed by atoms with E-state index in [1.54, 1.807) is 6.07 Å². The number of aromatic nitrogens is 1. The molecule has 0 unspecified atom stereocenters. The van der Waals surface area contributed by atoms with Crippen LogP contribution < -0.4 is 5.32 Å². The molecular formula is C13H11N3O3. The van der Waals surface area contributed by atoms with Crippen LogP contribution in [0.5, 0.6) is 0 Å². The number of benzene rings is 1. The molecule has 0 saturated carbocycles. The predicted molar refractivity (Wildman–Crippen MR) is 66.3 cm³/mol. The predicted octanol–water partition coefficient (Wildman–Crippen LogP) is 1.27. The maximum absolute atomic E-state index is 12.0. The minimum Gasteiger partial charge on any atom is -0.432 e. The number of hydrogen-bond donors (Lipinski definition) is 1. The highest BCUT2D eigenvalue weighted by atomic mass is 16.4. The highest BCUT2D eigenvalue weighted by Gasteiger charge is 2.28. The van der Waals surface area contributed by atoms with Crippen molar-refractivity contribution in [1.82, 2.24) is 9.88 Å². The molecule has 0 bridgehead atoms. The Kier molecular flexibility index (Phi) is 2.75. The van der Waals surface area contributed by atoms with Crippen molar-refractivity contribution >= 4 is 17.8 Å². The van der Waals surface area contributed by atoms with Crippen LogP contribution in [-0.2, 0) is 11.3 Å². The number of carbonyl (C=O) groups excluding carboxylic acids is 2. The van der Waals surface area contributed by atoms with Gasteiger partial charge in [0.05, 0.1) is 6.20 Å². The van der Waals surface area contributed by atoms with Gasteiger partial charge in [0.25, 0.3) is 5.91 Å². The molecule has 0 atom stereocenters. The lowest BCUT2D eigenvalue weighted by molar-refractivity contribution is -0.117. The summed E-state index contributed by atoms with van der Waals surface area (Å²) in [5.41, 5.74) is 1.60. The van der Waals surface area contributed by atoms with Crippen molar-refractivity contribution in [3.05, 3.63) is 47.9 Å². The van der Waals surface area contributed by atoms with Gasteiger partial charge in [0.2, 0.25) is 5.91 Å². The van der Waals surface area contributed by atoms with Gasteiger partial charge in [-0.15, -0.1) is 0 Å². The molecule has 1 aromatic carbocycles. The number of rotatable bonds is 3. The molecular weight excluding hydrogens is 246 g/mol. The second kappa shape index (κ2) is 4.56.